The number of hydrogen-bond acceptors (Lipinski definition) is 2. The van der Waals surface area contributed by atoms with Gasteiger partial charge in [0.05, 0.1) is 0 Å². The second-order valence-corrected chi connectivity index (χ2v) is 4.60. The zero-order valence-corrected chi connectivity index (χ0v) is 8.63. The van der Waals surface area contributed by atoms with Gasteiger partial charge in [-0.15, -0.1) is 0 Å². The van der Waals surface area contributed by atoms with Crippen LogP contribution >= 0.6 is 0 Å². The Morgan fingerprint density at radius 2 is 2.23 bits per heavy atom. The molecule has 0 heterocycles. The van der Waals surface area contributed by atoms with Gasteiger partial charge in [-0.05, 0) is 30.7 Å². The third-order valence-electron chi connectivity index (χ3n) is 3.03. The number of carboxylic acid groups (broad SMARTS) is 1. The second kappa shape index (κ2) is 3.66. The lowest BCUT2D eigenvalue weighted by molar-refractivity contribution is -0.139. The number of nitrogens with one attached hydrogen (secondary N) is 1. The molecule has 0 saturated heterocycles. The molecule has 1 aliphatic carbocycles. The molecule has 0 spiro atoms. The fourth-order valence-corrected chi connectivity index (χ4v) is 1.62. The minimum absolute atomic E-state index is 0.364. The summed E-state index contributed by atoms with van der Waals surface area (Å²) in [5.41, 5.74) is 0.434. The normalized spacial score (nSPS) is 26.8. The summed E-state index contributed by atoms with van der Waals surface area (Å²) in [6, 6.07) is -0.364. The average Bonchev–Trinajstić information content (AvgIpc) is 2.59. The summed E-state index contributed by atoms with van der Waals surface area (Å²) in [4.78, 5) is 10.7. The molecule has 3 heteroatoms. The van der Waals surface area contributed by atoms with E-state index in [1.165, 1.54) is 6.42 Å². The highest BCUT2D eigenvalue weighted by atomic mass is 16.4. The molecule has 0 amide bonds. The SMILES string of the molecule is CCC(NCC1CC1(C)C)C(=O)O. The molecule has 13 heavy (non-hydrogen) atoms. The van der Waals surface area contributed by atoms with Gasteiger partial charge in [-0.2, -0.15) is 0 Å². The molecule has 0 aromatic carbocycles. The van der Waals surface area contributed by atoms with Crippen molar-refractivity contribution in [2.24, 2.45) is 11.3 Å². The van der Waals surface area contributed by atoms with Crippen LogP contribution in [0.2, 0.25) is 0 Å². The molecule has 1 aliphatic rings. The molecule has 1 fully saturated rings. The lowest BCUT2D eigenvalue weighted by Gasteiger charge is -2.12. The van der Waals surface area contributed by atoms with E-state index in [-0.39, 0.29) is 6.04 Å². The van der Waals surface area contributed by atoms with Gasteiger partial charge in [0, 0.05) is 0 Å². The van der Waals surface area contributed by atoms with E-state index in [2.05, 4.69) is 19.2 Å². The quantitative estimate of drug-likeness (QED) is 0.682. The maximum atomic E-state index is 10.7. The zero-order valence-electron chi connectivity index (χ0n) is 8.63. The number of carbonyl (C=O) groups is 1. The van der Waals surface area contributed by atoms with Crippen LogP contribution in [0.4, 0.5) is 0 Å². The number of carboxylic acids is 1. The van der Waals surface area contributed by atoms with Gasteiger partial charge in [0.25, 0.3) is 0 Å². The van der Waals surface area contributed by atoms with Crippen molar-refractivity contribution < 1.29 is 9.90 Å². The van der Waals surface area contributed by atoms with Crippen LogP contribution in [0.1, 0.15) is 33.6 Å². The van der Waals surface area contributed by atoms with E-state index in [1.807, 2.05) is 6.92 Å². The number of hydrogen-bond donors (Lipinski definition) is 2. The minimum atomic E-state index is -0.735. The highest BCUT2D eigenvalue weighted by molar-refractivity contribution is 5.73. The average molecular weight is 185 g/mol. The van der Waals surface area contributed by atoms with Gasteiger partial charge < -0.3 is 10.4 Å². The first-order valence-electron chi connectivity index (χ1n) is 4.93. The van der Waals surface area contributed by atoms with Gasteiger partial charge in [0.15, 0.2) is 0 Å². The fraction of sp³-hybridized carbons (Fsp3) is 0.900. The first-order chi connectivity index (χ1) is 5.97. The molecule has 1 saturated carbocycles. The summed E-state index contributed by atoms with van der Waals surface area (Å²) in [7, 11) is 0. The van der Waals surface area contributed by atoms with Crippen LogP contribution in [0.3, 0.4) is 0 Å². The molecule has 1 rings (SSSR count). The fourth-order valence-electron chi connectivity index (χ4n) is 1.62. The molecule has 0 aliphatic heterocycles. The Bertz CT molecular complexity index is 201. The maximum absolute atomic E-state index is 10.7. The molecule has 0 aromatic heterocycles. The van der Waals surface area contributed by atoms with E-state index in [0.29, 0.717) is 17.8 Å². The Balaban J connectivity index is 2.22. The van der Waals surface area contributed by atoms with E-state index < -0.39 is 5.97 Å². The molecule has 2 atom stereocenters. The largest absolute Gasteiger partial charge is 0.480 e. The smallest absolute Gasteiger partial charge is 0.320 e. The summed E-state index contributed by atoms with van der Waals surface area (Å²) in [5, 5.41) is 11.9. The van der Waals surface area contributed by atoms with Crippen LogP contribution < -0.4 is 5.32 Å². The highest BCUT2D eigenvalue weighted by Gasteiger charge is 2.45. The second-order valence-electron chi connectivity index (χ2n) is 4.60. The predicted molar refractivity (Wildman–Crippen MR) is 51.6 cm³/mol. The van der Waals surface area contributed by atoms with Crippen molar-refractivity contribution in [2.45, 2.75) is 39.7 Å². The predicted octanol–water partition coefficient (Wildman–Crippen LogP) is 1.49. The van der Waals surface area contributed by atoms with Crippen LogP contribution in [0, 0.1) is 11.3 Å². The molecular formula is C10H19NO2. The van der Waals surface area contributed by atoms with E-state index in [1.54, 1.807) is 0 Å². The molecule has 2 unspecified atom stereocenters. The number of aliphatic carboxylic acids is 1. The molecule has 0 aromatic rings. The monoisotopic (exact) mass is 185 g/mol. The van der Waals surface area contributed by atoms with Crippen LogP contribution in [-0.4, -0.2) is 23.7 Å². The van der Waals surface area contributed by atoms with Crippen molar-refractivity contribution in [1.82, 2.24) is 5.32 Å². The standard InChI is InChI=1S/C10H19NO2/c1-4-8(9(12)13)11-6-7-5-10(7,2)3/h7-8,11H,4-6H2,1-3H3,(H,12,13). The molecular weight excluding hydrogens is 166 g/mol. The van der Waals surface area contributed by atoms with Gasteiger partial charge in [0.2, 0.25) is 0 Å². The Labute approximate surface area is 79.5 Å². The third kappa shape index (κ3) is 2.69. The zero-order chi connectivity index (χ0) is 10.1. The Morgan fingerprint density at radius 3 is 2.54 bits per heavy atom. The molecule has 0 radical (unpaired) electrons. The Kier molecular flexibility index (Phi) is 2.96. The first kappa shape index (κ1) is 10.5. The molecule has 2 N–H and O–H groups in total. The highest BCUT2D eigenvalue weighted by Crippen LogP contribution is 2.51. The number of rotatable bonds is 5. The van der Waals surface area contributed by atoms with Crippen molar-refractivity contribution in [3.63, 3.8) is 0 Å². The molecule has 76 valence electrons. The van der Waals surface area contributed by atoms with E-state index in [9.17, 15) is 4.79 Å². The van der Waals surface area contributed by atoms with E-state index >= 15 is 0 Å². The van der Waals surface area contributed by atoms with Crippen LogP contribution in [0.25, 0.3) is 0 Å². The maximum Gasteiger partial charge on any atom is 0.320 e. The lowest BCUT2D eigenvalue weighted by atomic mass is 10.1. The van der Waals surface area contributed by atoms with Crippen LogP contribution in [0.15, 0.2) is 0 Å². The summed E-state index contributed by atoms with van der Waals surface area (Å²) in [5.74, 6) is -0.0677. The van der Waals surface area contributed by atoms with Gasteiger partial charge >= 0.3 is 5.97 Å². The summed E-state index contributed by atoms with van der Waals surface area (Å²) in [6.45, 7) is 7.18. The lowest BCUT2D eigenvalue weighted by Crippen LogP contribution is -2.37. The van der Waals surface area contributed by atoms with Crippen molar-refractivity contribution in [3.05, 3.63) is 0 Å². The van der Waals surface area contributed by atoms with Gasteiger partial charge in [0.1, 0.15) is 6.04 Å². The summed E-state index contributed by atoms with van der Waals surface area (Å²) < 4.78 is 0. The Morgan fingerprint density at radius 1 is 1.69 bits per heavy atom. The van der Waals surface area contributed by atoms with Crippen molar-refractivity contribution in [2.75, 3.05) is 6.54 Å². The Hall–Kier alpha value is -0.570. The third-order valence-corrected chi connectivity index (χ3v) is 3.03. The minimum Gasteiger partial charge on any atom is -0.480 e. The van der Waals surface area contributed by atoms with E-state index in [4.69, 9.17) is 5.11 Å². The van der Waals surface area contributed by atoms with Crippen molar-refractivity contribution in [3.8, 4) is 0 Å². The summed E-state index contributed by atoms with van der Waals surface area (Å²) in [6.07, 6.45) is 1.87. The van der Waals surface area contributed by atoms with Gasteiger partial charge in [-0.1, -0.05) is 20.8 Å². The van der Waals surface area contributed by atoms with Crippen LogP contribution in [-0.2, 0) is 4.79 Å². The van der Waals surface area contributed by atoms with Crippen molar-refractivity contribution >= 4 is 5.97 Å². The van der Waals surface area contributed by atoms with Crippen LogP contribution in [0.5, 0.6) is 0 Å². The van der Waals surface area contributed by atoms with Crippen molar-refractivity contribution in [1.29, 1.82) is 0 Å². The van der Waals surface area contributed by atoms with E-state index in [0.717, 1.165) is 6.54 Å². The summed E-state index contributed by atoms with van der Waals surface area (Å²) >= 11 is 0. The van der Waals surface area contributed by atoms with Gasteiger partial charge in [-0.3, -0.25) is 4.79 Å². The topological polar surface area (TPSA) is 49.3 Å². The van der Waals surface area contributed by atoms with Gasteiger partial charge in [-0.25, -0.2) is 0 Å². The first-order valence-corrected chi connectivity index (χ1v) is 4.93. The molecule has 0 bridgehead atoms. The molecule has 3 nitrogen and oxygen atoms in total.